The van der Waals surface area contributed by atoms with Gasteiger partial charge in [0.15, 0.2) is 0 Å². The van der Waals surface area contributed by atoms with Crippen LogP contribution in [-0.2, 0) is 0 Å². The molecule has 0 amide bonds. The first-order chi connectivity index (χ1) is 8.35. The molecule has 2 aromatic carbocycles. The Morgan fingerprint density at radius 2 is 1.94 bits per heavy atom. The normalized spacial score (nSPS) is 9.94. The van der Waals surface area contributed by atoms with E-state index >= 15 is 0 Å². The largest absolute Gasteiger partial charge is 0.462 e. The number of benzene rings is 2. The molecule has 0 N–H and O–H groups in total. The minimum Gasteiger partial charge on any atom is -0.462 e. The highest BCUT2D eigenvalue weighted by Crippen LogP contribution is 2.30. The van der Waals surface area contributed by atoms with Crippen LogP contribution >= 0.6 is 0 Å². The minimum atomic E-state index is -0.871. The molecule has 0 bridgehead atoms. The van der Waals surface area contributed by atoms with E-state index in [1.807, 2.05) is 18.2 Å². The molecule has 17 heavy (non-hydrogen) atoms. The summed E-state index contributed by atoms with van der Waals surface area (Å²) in [6.45, 7) is -0.871. The van der Waals surface area contributed by atoms with Crippen molar-refractivity contribution in [2.75, 3.05) is 6.86 Å². The number of halogens is 1. The second-order valence-corrected chi connectivity index (χ2v) is 3.49. The zero-order chi connectivity index (χ0) is 12.1. The number of carbonyl (C=O) groups is 1. The van der Waals surface area contributed by atoms with Crippen molar-refractivity contribution >= 4 is 6.29 Å². The van der Waals surface area contributed by atoms with Crippen LogP contribution in [-0.4, -0.2) is 13.1 Å². The van der Waals surface area contributed by atoms with Gasteiger partial charge in [0.05, 0.1) is 0 Å². The number of para-hydroxylation sites is 1. The van der Waals surface area contributed by atoms with Crippen molar-refractivity contribution < 1.29 is 13.9 Å². The zero-order valence-corrected chi connectivity index (χ0v) is 9.10. The molecule has 0 saturated carbocycles. The first-order valence-electron chi connectivity index (χ1n) is 5.18. The van der Waals surface area contributed by atoms with E-state index in [0.29, 0.717) is 11.3 Å². The van der Waals surface area contributed by atoms with E-state index in [0.717, 1.165) is 17.4 Å². The van der Waals surface area contributed by atoms with Crippen molar-refractivity contribution in [3.8, 4) is 16.9 Å². The summed E-state index contributed by atoms with van der Waals surface area (Å²) in [4.78, 5) is 10.7. The fourth-order valence-corrected chi connectivity index (χ4v) is 1.67. The third-order valence-electron chi connectivity index (χ3n) is 2.43. The summed E-state index contributed by atoms with van der Waals surface area (Å²) in [5.41, 5.74) is 2.19. The molecule has 2 nitrogen and oxygen atoms in total. The second kappa shape index (κ2) is 5.25. The van der Waals surface area contributed by atoms with Gasteiger partial charge in [-0.3, -0.25) is 4.79 Å². The van der Waals surface area contributed by atoms with Crippen LogP contribution < -0.4 is 4.74 Å². The molecule has 86 valence electrons. The average Bonchev–Trinajstić information content (AvgIpc) is 2.40. The van der Waals surface area contributed by atoms with Gasteiger partial charge in [-0.1, -0.05) is 36.4 Å². The molecule has 2 rings (SSSR count). The van der Waals surface area contributed by atoms with Gasteiger partial charge >= 0.3 is 0 Å². The van der Waals surface area contributed by atoms with Gasteiger partial charge in [0.25, 0.3) is 0 Å². The summed E-state index contributed by atoms with van der Waals surface area (Å²) in [5, 5.41) is 0. The molecule has 0 aliphatic carbocycles. The highest BCUT2D eigenvalue weighted by molar-refractivity contribution is 5.80. The van der Waals surface area contributed by atoms with Gasteiger partial charge in [-0.2, -0.15) is 0 Å². The number of hydrogen-bond donors (Lipinski definition) is 0. The van der Waals surface area contributed by atoms with Crippen LogP contribution in [0.2, 0.25) is 0 Å². The van der Waals surface area contributed by atoms with E-state index in [1.165, 1.54) is 0 Å². The quantitative estimate of drug-likeness (QED) is 0.752. The molecule has 0 radical (unpaired) electrons. The maximum Gasteiger partial charge on any atom is 0.228 e. The number of hydrogen-bond acceptors (Lipinski definition) is 2. The van der Waals surface area contributed by atoms with E-state index in [4.69, 9.17) is 4.74 Å². The average molecular weight is 230 g/mol. The summed E-state index contributed by atoms with van der Waals surface area (Å²) in [6.07, 6.45) is 0.780. The molecule has 0 aromatic heterocycles. The molecule has 0 atom stereocenters. The summed E-state index contributed by atoms with van der Waals surface area (Å²) < 4.78 is 17.2. The van der Waals surface area contributed by atoms with Crippen LogP contribution in [0.15, 0.2) is 48.5 Å². The maximum absolute atomic E-state index is 12.2. The lowest BCUT2D eigenvalue weighted by Crippen LogP contribution is -1.93. The van der Waals surface area contributed by atoms with E-state index < -0.39 is 6.86 Å². The third-order valence-corrected chi connectivity index (χ3v) is 2.43. The predicted molar refractivity (Wildman–Crippen MR) is 63.9 cm³/mol. The number of carbonyl (C=O) groups excluding carboxylic acids is 1. The van der Waals surface area contributed by atoms with Gasteiger partial charge in [0.2, 0.25) is 6.86 Å². The number of aldehydes is 1. The van der Waals surface area contributed by atoms with Gasteiger partial charge in [-0.05, 0) is 17.7 Å². The van der Waals surface area contributed by atoms with Crippen LogP contribution in [0.1, 0.15) is 10.4 Å². The molecule has 0 aliphatic rings. The maximum atomic E-state index is 12.2. The Bertz CT molecular complexity index is 523. The van der Waals surface area contributed by atoms with Crippen molar-refractivity contribution in [1.29, 1.82) is 0 Å². The predicted octanol–water partition coefficient (Wildman–Crippen LogP) is 3.47. The highest BCUT2D eigenvalue weighted by Gasteiger charge is 2.05. The molecule has 2 aromatic rings. The monoisotopic (exact) mass is 230 g/mol. The Hall–Kier alpha value is -2.16. The van der Waals surface area contributed by atoms with E-state index in [-0.39, 0.29) is 0 Å². The van der Waals surface area contributed by atoms with Crippen molar-refractivity contribution in [3.63, 3.8) is 0 Å². The SMILES string of the molecule is O=Cc1cccc(-c2ccccc2OCF)c1. The van der Waals surface area contributed by atoms with E-state index in [9.17, 15) is 9.18 Å². The Morgan fingerprint density at radius 3 is 2.71 bits per heavy atom. The molecule has 0 fully saturated rings. The van der Waals surface area contributed by atoms with E-state index in [2.05, 4.69) is 0 Å². The van der Waals surface area contributed by atoms with Crippen molar-refractivity contribution in [2.45, 2.75) is 0 Å². The van der Waals surface area contributed by atoms with Crippen molar-refractivity contribution in [1.82, 2.24) is 0 Å². The van der Waals surface area contributed by atoms with Gasteiger partial charge in [-0.15, -0.1) is 0 Å². The zero-order valence-electron chi connectivity index (χ0n) is 9.10. The lowest BCUT2D eigenvalue weighted by Gasteiger charge is -2.09. The fourth-order valence-electron chi connectivity index (χ4n) is 1.67. The first-order valence-corrected chi connectivity index (χ1v) is 5.18. The summed E-state index contributed by atoms with van der Waals surface area (Å²) >= 11 is 0. The number of alkyl halides is 1. The summed E-state index contributed by atoms with van der Waals surface area (Å²) in [7, 11) is 0. The van der Waals surface area contributed by atoms with Gasteiger partial charge in [0.1, 0.15) is 12.0 Å². The Balaban J connectivity index is 2.47. The standard InChI is InChI=1S/C14H11FO2/c15-10-17-14-7-2-1-6-13(14)12-5-3-4-11(8-12)9-16/h1-9H,10H2. The molecule has 0 saturated heterocycles. The van der Waals surface area contributed by atoms with Crippen LogP contribution in [0, 0.1) is 0 Å². The van der Waals surface area contributed by atoms with Crippen LogP contribution in [0.3, 0.4) is 0 Å². The number of ether oxygens (including phenoxy) is 1. The number of rotatable bonds is 4. The lowest BCUT2D eigenvalue weighted by atomic mass is 10.0. The Morgan fingerprint density at radius 1 is 1.12 bits per heavy atom. The Labute approximate surface area is 98.7 Å². The molecule has 0 heterocycles. The molecule has 3 heteroatoms. The summed E-state index contributed by atoms with van der Waals surface area (Å²) in [6, 6.07) is 14.2. The smallest absolute Gasteiger partial charge is 0.228 e. The van der Waals surface area contributed by atoms with Gasteiger partial charge in [0, 0.05) is 11.1 Å². The van der Waals surface area contributed by atoms with Crippen molar-refractivity contribution in [2.24, 2.45) is 0 Å². The van der Waals surface area contributed by atoms with Crippen LogP contribution in [0.25, 0.3) is 11.1 Å². The molecular formula is C14H11FO2. The van der Waals surface area contributed by atoms with Crippen molar-refractivity contribution in [3.05, 3.63) is 54.1 Å². The van der Waals surface area contributed by atoms with Crippen LogP contribution in [0.5, 0.6) is 5.75 Å². The fraction of sp³-hybridized carbons (Fsp3) is 0.0714. The molecule has 0 spiro atoms. The summed E-state index contributed by atoms with van der Waals surface area (Å²) in [5.74, 6) is 0.470. The van der Waals surface area contributed by atoms with E-state index in [1.54, 1.807) is 30.3 Å². The Kier molecular flexibility index (Phi) is 3.50. The molecule has 0 unspecified atom stereocenters. The third kappa shape index (κ3) is 2.50. The topological polar surface area (TPSA) is 26.3 Å². The van der Waals surface area contributed by atoms with Gasteiger partial charge < -0.3 is 4.74 Å². The first kappa shape index (κ1) is 11.3. The van der Waals surface area contributed by atoms with Crippen LogP contribution in [0.4, 0.5) is 4.39 Å². The lowest BCUT2D eigenvalue weighted by molar-refractivity contribution is 0.112. The second-order valence-electron chi connectivity index (χ2n) is 3.49. The minimum absolute atomic E-state index is 0.470. The molecular weight excluding hydrogens is 219 g/mol. The highest BCUT2D eigenvalue weighted by atomic mass is 19.1. The van der Waals surface area contributed by atoms with Gasteiger partial charge in [-0.25, -0.2) is 4.39 Å². The molecule has 0 aliphatic heterocycles.